The summed E-state index contributed by atoms with van der Waals surface area (Å²) in [6.45, 7) is 0. The van der Waals surface area contributed by atoms with Gasteiger partial charge in [0.15, 0.2) is 0 Å². The number of nitrogens with one attached hydrogen (secondary N) is 1. The van der Waals surface area contributed by atoms with Gasteiger partial charge in [-0.1, -0.05) is 57.9 Å². The zero-order valence-corrected chi connectivity index (χ0v) is 14.4. The average molecular weight is 394 g/mol. The molecule has 3 aromatic rings. The number of fused-ring (bicyclic) bond motifs is 1. The molecule has 22 heavy (non-hydrogen) atoms. The molecule has 110 valence electrons. The Hall–Kier alpha value is -1.69. The maximum absolute atomic E-state index is 12.2. The number of benzene rings is 2. The molecule has 1 amide bonds. The molecule has 0 fully saturated rings. The first-order valence-corrected chi connectivity index (χ1v) is 8.40. The normalized spacial score (nSPS) is 11.2. The van der Waals surface area contributed by atoms with E-state index in [1.807, 2.05) is 48.5 Å². The number of rotatable bonds is 3. The van der Waals surface area contributed by atoms with Crippen LogP contribution in [0.4, 0.5) is 0 Å². The number of hydrogen-bond acceptors (Lipinski definition) is 3. The highest BCUT2D eigenvalue weighted by Gasteiger charge is 2.16. The van der Waals surface area contributed by atoms with Gasteiger partial charge in [-0.2, -0.15) is 5.10 Å². The lowest BCUT2D eigenvalue weighted by molar-refractivity contribution is 0.0959. The molecule has 0 saturated heterocycles. The number of hydrogen-bond donors (Lipinski definition) is 1. The van der Waals surface area contributed by atoms with Crippen molar-refractivity contribution in [3.05, 3.63) is 68.5 Å². The van der Waals surface area contributed by atoms with Gasteiger partial charge in [0.25, 0.3) is 5.91 Å². The summed E-state index contributed by atoms with van der Waals surface area (Å²) in [6, 6.07) is 15.3. The Balaban J connectivity index is 1.77. The number of nitrogens with zero attached hydrogens (tertiary/aromatic N) is 1. The fourth-order valence-corrected chi connectivity index (χ4v) is 3.79. The number of hydrazone groups is 1. The van der Waals surface area contributed by atoms with Crippen molar-refractivity contribution in [1.82, 2.24) is 5.43 Å². The first kappa shape index (κ1) is 15.2. The van der Waals surface area contributed by atoms with Crippen LogP contribution in [0.15, 0.2) is 58.1 Å². The van der Waals surface area contributed by atoms with Crippen molar-refractivity contribution in [2.24, 2.45) is 5.10 Å². The van der Waals surface area contributed by atoms with Crippen LogP contribution in [0.2, 0.25) is 5.02 Å². The zero-order valence-electron chi connectivity index (χ0n) is 11.2. The molecule has 3 rings (SSSR count). The standard InChI is InChI=1S/C16H10BrClN2OS/c17-11-5-3-4-10(8-11)9-19-20-16(21)15-14(18)12-6-1-2-7-13(12)22-15/h1-9H,(H,20,21)/b19-9-. The smallest absolute Gasteiger partial charge is 0.266 e. The molecule has 0 spiro atoms. The van der Waals surface area contributed by atoms with Crippen molar-refractivity contribution < 1.29 is 4.79 Å². The Bertz CT molecular complexity index is 875. The van der Waals surface area contributed by atoms with Crippen LogP contribution in [0, 0.1) is 0 Å². The molecule has 0 aliphatic heterocycles. The van der Waals surface area contributed by atoms with Crippen molar-refractivity contribution in [2.45, 2.75) is 0 Å². The van der Waals surface area contributed by atoms with Crippen LogP contribution in [0.3, 0.4) is 0 Å². The van der Waals surface area contributed by atoms with Gasteiger partial charge in [-0.05, 0) is 23.8 Å². The van der Waals surface area contributed by atoms with Crippen molar-refractivity contribution in [2.75, 3.05) is 0 Å². The number of amides is 1. The molecule has 0 atom stereocenters. The fourth-order valence-electron chi connectivity index (χ4n) is 1.96. The molecule has 0 saturated carbocycles. The fraction of sp³-hybridized carbons (Fsp3) is 0. The Morgan fingerprint density at radius 2 is 2.05 bits per heavy atom. The highest BCUT2D eigenvalue weighted by atomic mass is 79.9. The van der Waals surface area contributed by atoms with E-state index in [-0.39, 0.29) is 5.91 Å². The maximum atomic E-state index is 12.2. The predicted molar refractivity (Wildman–Crippen MR) is 96.0 cm³/mol. The molecule has 0 unspecified atom stereocenters. The van der Waals surface area contributed by atoms with Crippen LogP contribution in [-0.2, 0) is 0 Å². The van der Waals surface area contributed by atoms with E-state index in [0.29, 0.717) is 9.90 Å². The molecular weight excluding hydrogens is 384 g/mol. The number of halogens is 2. The van der Waals surface area contributed by atoms with Crippen molar-refractivity contribution in [3.63, 3.8) is 0 Å². The van der Waals surface area contributed by atoms with Gasteiger partial charge < -0.3 is 0 Å². The third kappa shape index (κ3) is 3.21. The van der Waals surface area contributed by atoms with Gasteiger partial charge in [0.05, 0.1) is 11.2 Å². The molecule has 3 nitrogen and oxygen atoms in total. The molecule has 0 aliphatic carbocycles. The molecular formula is C16H10BrClN2OS. The van der Waals surface area contributed by atoms with Gasteiger partial charge in [0, 0.05) is 14.6 Å². The van der Waals surface area contributed by atoms with E-state index in [1.54, 1.807) is 6.21 Å². The first-order valence-electron chi connectivity index (χ1n) is 6.41. The zero-order chi connectivity index (χ0) is 15.5. The average Bonchev–Trinajstić information content (AvgIpc) is 2.85. The highest BCUT2D eigenvalue weighted by Crippen LogP contribution is 2.34. The molecule has 0 radical (unpaired) electrons. The Labute approximate surface area is 144 Å². The van der Waals surface area contributed by atoms with E-state index >= 15 is 0 Å². The van der Waals surface area contributed by atoms with Crippen LogP contribution >= 0.6 is 38.9 Å². The third-order valence-corrected chi connectivity index (χ3v) is 5.14. The number of carbonyl (C=O) groups excluding carboxylic acids is 1. The molecule has 6 heteroatoms. The molecule has 1 heterocycles. The van der Waals surface area contributed by atoms with Crippen molar-refractivity contribution in [1.29, 1.82) is 0 Å². The molecule has 1 N–H and O–H groups in total. The number of carbonyl (C=O) groups is 1. The minimum Gasteiger partial charge on any atom is -0.266 e. The summed E-state index contributed by atoms with van der Waals surface area (Å²) < 4.78 is 1.93. The maximum Gasteiger partial charge on any atom is 0.283 e. The van der Waals surface area contributed by atoms with Crippen LogP contribution in [-0.4, -0.2) is 12.1 Å². The van der Waals surface area contributed by atoms with Gasteiger partial charge >= 0.3 is 0 Å². The summed E-state index contributed by atoms with van der Waals surface area (Å²) in [6.07, 6.45) is 1.59. The Morgan fingerprint density at radius 1 is 1.23 bits per heavy atom. The topological polar surface area (TPSA) is 41.5 Å². The summed E-state index contributed by atoms with van der Waals surface area (Å²) in [7, 11) is 0. The van der Waals surface area contributed by atoms with Crippen molar-refractivity contribution in [3.8, 4) is 0 Å². The summed E-state index contributed by atoms with van der Waals surface area (Å²) in [5.41, 5.74) is 3.40. The summed E-state index contributed by atoms with van der Waals surface area (Å²) in [5, 5.41) is 5.33. The second-order valence-electron chi connectivity index (χ2n) is 4.50. The van der Waals surface area contributed by atoms with E-state index in [9.17, 15) is 4.79 Å². The van der Waals surface area contributed by atoms with E-state index in [0.717, 1.165) is 20.1 Å². The van der Waals surface area contributed by atoms with Gasteiger partial charge in [0.2, 0.25) is 0 Å². The monoisotopic (exact) mass is 392 g/mol. The SMILES string of the molecule is O=C(N/N=C\c1cccc(Br)c1)c1sc2ccccc2c1Cl. The molecule has 0 bridgehead atoms. The van der Waals surface area contributed by atoms with E-state index < -0.39 is 0 Å². The second kappa shape index (κ2) is 6.60. The highest BCUT2D eigenvalue weighted by molar-refractivity contribution is 9.10. The van der Waals surface area contributed by atoms with Gasteiger partial charge in [0.1, 0.15) is 4.88 Å². The van der Waals surface area contributed by atoms with Crippen molar-refractivity contribution >= 4 is 61.1 Å². The quantitative estimate of drug-likeness (QED) is 0.489. The van der Waals surface area contributed by atoms with Crippen LogP contribution in [0.25, 0.3) is 10.1 Å². The van der Waals surface area contributed by atoms with Crippen LogP contribution in [0.1, 0.15) is 15.2 Å². The predicted octanol–water partition coefficient (Wildman–Crippen LogP) is 5.08. The molecule has 1 aromatic heterocycles. The second-order valence-corrected chi connectivity index (χ2v) is 6.84. The van der Waals surface area contributed by atoms with E-state index in [2.05, 4.69) is 26.5 Å². The summed E-state index contributed by atoms with van der Waals surface area (Å²) in [4.78, 5) is 12.7. The minimum atomic E-state index is -0.308. The lowest BCUT2D eigenvalue weighted by Gasteiger charge is -1.98. The lowest BCUT2D eigenvalue weighted by atomic mass is 10.2. The van der Waals surface area contributed by atoms with Crippen LogP contribution in [0.5, 0.6) is 0 Å². The number of thiophene rings is 1. The van der Waals surface area contributed by atoms with Crippen LogP contribution < -0.4 is 5.43 Å². The Morgan fingerprint density at radius 3 is 2.82 bits per heavy atom. The first-order chi connectivity index (χ1) is 10.6. The molecule has 2 aromatic carbocycles. The van der Waals surface area contributed by atoms with E-state index in [4.69, 9.17) is 11.6 Å². The molecule has 0 aliphatic rings. The largest absolute Gasteiger partial charge is 0.283 e. The van der Waals surface area contributed by atoms with Gasteiger partial charge in [-0.25, -0.2) is 5.43 Å². The minimum absolute atomic E-state index is 0.308. The lowest BCUT2D eigenvalue weighted by Crippen LogP contribution is -2.16. The van der Waals surface area contributed by atoms with Gasteiger partial charge in [-0.15, -0.1) is 11.3 Å². The summed E-state index contributed by atoms with van der Waals surface area (Å²) >= 11 is 11.0. The Kier molecular flexibility index (Phi) is 4.57. The van der Waals surface area contributed by atoms with Gasteiger partial charge in [-0.3, -0.25) is 4.79 Å². The summed E-state index contributed by atoms with van der Waals surface area (Å²) in [5.74, 6) is -0.308. The van der Waals surface area contributed by atoms with E-state index in [1.165, 1.54) is 11.3 Å². The third-order valence-electron chi connectivity index (χ3n) is 2.97.